The maximum absolute atomic E-state index is 13.7. The van der Waals surface area contributed by atoms with Gasteiger partial charge in [-0.25, -0.2) is 0 Å². The van der Waals surface area contributed by atoms with Crippen LogP contribution in [0.25, 0.3) is 0 Å². The summed E-state index contributed by atoms with van der Waals surface area (Å²) in [6.45, 7) is 2.46. The minimum absolute atomic E-state index is 0.202. The van der Waals surface area contributed by atoms with Crippen LogP contribution in [-0.2, 0) is 6.54 Å². The van der Waals surface area contributed by atoms with Crippen molar-refractivity contribution in [1.82, 2.24) is 0 Å². The highest BCUT2D eigenvalue weighted by Crippen LogP contribution is 2.29. The summed E-state index contributed by atoms with van der Waals surface area (Å²) in [5, 5.41) is 14.1. The van der Waals surface area contributed by atoms with Gasteiger partial charge in [0.05, 0.1) is 4.92 Å². The van der Waals surface area contributed by atoms with Crippen molar-refractivity contribution in [3.8, 4) is 0 Å². The van der Waals surface area contributed by atoms with Gasteiger partial charge in [-0.3, -0.25) is 10.1 Å². The number of para-hydroxylation sites is 2. The Hall–Kier alpha value is -2.63. The number of rotatable bonds is 5. The molecule has 0 spiro atoms. The lowest BCUT2D eigenvalue weighted by Gasteiger charge is -2.30. The number of anilines is 2. The van der Waals surface area contributed by atoms with E-state index in [0.29, 0.717) is 6.54 Å². The molecule has 0 aliphatic carbocycles. The summed E-state index contributed by atoms with van der Waals surface area (Å²) >= 11 is 0. The highest BCUT2D eigenvalue weighted by Gasteiger charge is 2.20. The van der Waals surface area contributed by atoms with Crippen LogP contribution in [0.15, 0.2) is 42.5 Å². The van der Waals surface area contributed by atoms with E-state index in [0.717, 1.165) is 30.4 Å². The average molecular weight is 329 g/mol. The standard InChI is InChI=1S/C18H20FN3O2/c19-15-8-6-9-16(18(15)22(23)24)20-13-14-7-2-3-10-17(14)21-11-4-1-5-12-21/h2-3,6-10,20H,1,4-5,11-13H2. The van der Waals surface area contributed by atoms with Crippen LogP contribution in [0.5, 0.6) is 0 Å². The maximum atomic E-state index is 13.7. The van der Waals surface area contributed by atoms with Crippen molar-refractivity contribution in [3.63, 3.8) is 0 Å². The third-order valence-electron chi connectivity index (χ3n) is 4.33. The largest absolute Gasteiger partial charge is 0.375 e. The molecule has 1 N–H and O–H groups in total. The Morgan fingerprint density at radius 2 is 1.83 bits per heavy atom. The number of hydrogen-bond donors (Lipinski definition) is 1. The van der Waals surface area contributed by atoms with Gasteiger partial charge < -0.3 is 10.2 Å². The molecule has 126 valence electrons. The molecule has 0 radical (unpaired) electrons. The number of nitro benzene ring substituents is 1. The zero-order valence-corrected chi connectivity index (χ0v) is 13.4. The third-order valence-corrected chi connectivity index (χ3v) is 4.33. The number of halogens is 1. The number of benzene rings is 2. The van der Waals surface area contributed by atoms with Gasteiger partial charge in [-0.05, 0) is 43.0 Å². The smallest absolute Gasteiger partial charge is 0.327 e. The Bertz CT molecular complexity index is 730. The normalized spacial score (nSPS) is 14.5. The molecular formula is C18H20FN3O2. The quantitative estimate of drug-likeness (QED) is 0.655. The molecule has 2 aromatic carbocycles. The highest BCUT2D eigenvalue weighted by molar-refractivity contribution is 5.63. The van der Waals surface area contributed by atoms with E-state index in [2.05, 4.69) is 16.3 Å². The number of hydrogen-bond acceptors (Lipinski definition) is 4. The second-order valence-electron chi connectivity index (χ2n) is 5.92. The fourth-order valence-electron chi connectivity index (χ4n) is 3.14. The van der Waals surface area contributed by atoms with Crippen LogP contribution in [0.2, 0.25) is 0 Å². The molecule has 1 aliphatic rings. The Kier molecular flexibility index (Phi) is 4.93. The maximum Gasteiger partial charge on any atom is 0.327 e. The van der Waals surface area contributed by atoms with Crippen LogP contribution in [0, 0.1) is 15.9 Å². The first-order chi connectivity index (χ1) is 11.7. The topological polar surface area (TPSA) is 58.4 Å². The average Bonchev–Trinajstić information content (AvgIpc) is 2.60. The van der Waals surface area contributed by atoms with E-state index in [-0.39, 0.29) is 5.69 Å². The van der Waals surface area contributed by atoms with Crippen LogP contribution in [0.4, 0.5) is 21.5 Å². The summed E-state index contributed by atoms with van der Waals surface area (Å²) in [6, 6.07) is 12.1. The van der Waals surface area contributed by atoms with E-state index in [1.54, 1.807) is 0 Å². The van der Waals surface area contributed by atoms with Crippen molar-refractivity contribution in [2.24, 2.45) is 0 Å². The fraction of sp³-hybridized carbons (Fsp3) is 0.333. The zero-order chi connectivity index (χ0) is 16.9. The molecule has 0 bridgehead atoms. The molecule has 1 saturated heterocycles. The summed E-state index contributed by atoms with van der Waals surface area (Å²) < 4.78 is 13.7. The molecule has 0 atom stereocenters. The Morgan fingerprint density at radius 3 is 2.58 bits per heavy atom. The Labute approximate surface area is 140 Å². The predicted molar refractivity (Wildman–Crippen MR) is 92.9 cm³/mol. The van der Waals surface area contributed by atoms with E-state index in [1.165, 1.54) is 31.4 Å². The molecule has 0 amide bonds. The molecule has 0 unspecified atom stereocenters. The van der Waals surface area contributed by atoms with Gasteiger partial charge in [0.2, 0.25) is 5.82 Å². The fourth-order valence-corrected chi connectivity index (χ4v) is 3.14. The van der Waals surface area contributed by atoms with Crippen molar-refractivity contribution in [2.75, 3.05) is 23.3 Å². The van der Waals surface area contributed by atoms with Crippen LogP contribution in [0.1, 0.15) is 24.8 Å². The molecule has 24 heavy (non-hydrogen) atoms. The van der Waals surface area contributed by atoms with Gasteiger partial charge >= 0.3 is 5.69 Å². The summed E-state index contributed by atoms with van der Waals surface area (Å²) in [6.07, 6.45) is 3.61. The molecule has 2 aromatic rings. The molecule has 0 aromatic heterocycles. The molecule has 5 nitrogen and oxygen atoms in total. The van der Waals surface area contributed by atoms with Crippen LogP contribution in [-0.4, -0.2) is 18.0 Å². The molecule has 0 saturated carbocycles. The molecule has 1 fully saturated rings. The van der Waals surface area contributed by atoms with Gasteiger partial charge in [-0.1, -0.05) is 24.3 Å². The first kappa shape index (κ1) is 16.2. The lowest BCUT2D eigenvalue weighted by molar-refractivity contribution is -0.386. The van der Waals surface area contributed by atoms with Crippen LogP contribution in [0.3, 0.4) is 0 Å². The number of nitro groups is 1. The second kappa shape index (κ2) is 7.29. The van der Waals surface area contributed by atoms with E-state index in [9.17, 15) is 14.5 Å². The van der Waals surface area contributed by atoms with Gasteiger partial charge in [0.15, 0.2) is 0 Å². The van der Waals surface area contributed by atoms with E-state index in [4.69, 9.17) is 0 Å². The number of piperidine rings is 1. The SMILES string of the molecule is O=[N+]([O-])c1c(F)cccc1NCc1ccccc1N1CCCCC1. The minimum atomic E-state index is -0.825. The minimum Gasteiger partial charge on any atom is -0.375 e. The van der Waals surface area contributed by atoms with Crippen molar-refractivity contribution < 1.29 is 9.31 Å². The van der Waals surface area contributed by atoms with E-state index >= 15 is 0 Å². The lowest BCUT2D eigenvalue weighted by Crippen LogP contribution is -2.30. The number of nitrogens with one attached hydrogen (secondary N) is 1. The Balaban J connectivity index is 1.81. The van der Waals surface area contributed by atoms with Crippen LogP contribution < -0.4 is 10.2 Å². The van der Waals surface area contributed by atoms with Gasteiger partial charge in [-0.2, -0.15) is 4.39 Å². The van der Waals surface area contributed by atoms with Gasteiger partial charge in [0.25, 0.3) is 0 Å². The summed E-state index contributed by atoms with van der Waals surface area (Å²) in [4.78, 5) is 12.7. The van der Waals surface area contributed by atoms with Gasteiger partial charge in [-0.15, -0.1) is 0 Å². The van der Waals surface area contributed by atoms with Gasteiger partial charge in [0, 0.05) is 25.3 Å². The first-order valence-corrected chi connectivity index (χ1v) is 8.16. The molecule has 3 rings (SSSR count). The first-order valence-electron chi connectivity index (χ1n) is 8.16. The molecule has 1 heterocycles. The highest BCUT2D eigenvalue weighted by atomic mass is 19.1. The van der Waals surface area contributed by atoms with Crippen molar-refractivity contribution in [2.45, 2.75) is 25.8 Å². The summed E-state index contributed by atoms with van der Waals surface area (Å²) in [5.41, 5.74) is 1.89. The summed E-state index contributed by atoms with van der Waals surface area (Å²) in [5.74, 6) is -0.825. The second-order valence-corrected chi connectivity index (χ2v) is 5.92. The van der Waals surface area contributed by atoms with Gasteiger partial charge in [0.1, 0.15) is 5.69 Å². The summed E-state index contributed by atoms with van der Waals surface area (Å²) in [7, 11) is 0. The van der Waals surface area contributed by atoms with Crippen LogP contribution >= 0.6 is 0 Å². The van der Waals surface area contributed by atoms with Crippen molar-refractivity contribution >= 4 is 17.1 Å². The Morgan fingerprint density at radius 1 is 1.08 bits per heavy atom. The number of nitrogens with zero attached hydrogens (tertiary/aromatic N) is 2. The molecular weight excluding hydrogens is 309 g/mol. The predicted octanol–water partition coefficient (Wildman–Crippen LogP) is 4.34. The van der Waals surface area contributed by atoms with Crippen molar-refractivity contribution in [1.29, 1.82) is 0 Å². The molecule has 6 heteroatoms. The zero-order valence-electron chi connectivity index (χ0n) is 13.4. The van der Waals surface area contributed by atoms with Crippen molar-refractivity contribution in [3.05, 3.63) is 64.0 Å². The third kappa shape index (κ3) is 3.48. The molecule has 1 aliphatic heterocycles. The van der Waals surface area contributed by atoms with E-state index < -0.39 is 16.4 Å². The lowest BCUT2D eigenvalue weighted by atomic mass is 10.1. The monoisotopic (exact) mass is 329 g/mol. The van der Waals surface area contributed by atoms with E-state index in [1.807, 2.05) is 18.2 Å².